The molecule has 0 aliphatic carbocycles. The molecule has 1 aliphatic heterocycles. The first kappa shape index (κ1) is 26.3. The molecule has 0 saturated heterocycles. The summed E-state index contributed by atoms with van der Waals surface area (Å²) in [4.78, 5) is 26.9. The van der Waals surface area contributed by atoms with Crippen molar-refractivity contribution >= 4 is 17.9 Å². The van der Waals surface area contributed by atoms with Crippen LogP contribution in [0.4, 0.5) is 0 Å². The van der Waals surface area contributed by atoms with E-state index in [1.54, 1.807) is 13.0 Å². The van der Waals surface area contributed by atoms with E-state index in [4.69, 9.17) is 9.47 Å². The molecule has 0 aromatic heterocycles. The normalized spacial score (nSPS) is 15.5. The van der Waals surface area contributed by atoms with Crippen LogP contribution in [0, 0.1) is 11.3 Å². The predicted molar refractivity (Wildman–Crippen MR) is 129 cm³/mol. The summed E-state index contributed by atoms with van der Waals surface area (Å²) in [6, 6.07) is 9.48. The molecule has 2 amide bonds. The fourth-order valence-corrected chi connectivity index (χ4v) is 3.60. The standard InChI is InChI=1S/C27H36N2O4/c1-5-6-7-8-9-16-33-23-13-11-22(12-14-23)18-24-21(4)25(19-28)27(31)29(26(24)30)15-10-17-32-20(2)3/h11-14,18,20H,5-10,15-17H2,1-4H3/b24-18+. The minimum absolute atomic E-state index is 0.00801. The second-order valence-electron chi connectivity index (χ2n) is 8.54. The van der Waals surface area contributed by atoms with E-state index < -0.39 is 5.91 Å². The summed E-state index contributed by atoms with van der Waals surface area (Å²) in [5, 5.41) is 9.52. The van der Waals surface area contributed by atoms with Gasteiger partial charge in [-0.1, -0.05) is 44.7 Å². The van der Waals surface area contributed by atoms with Gasteiger partial charge in [-0.3, -0.25) is 14.5 Å². The van der Waals surface area contributed by atoms with E-state index in [-0.39, 0.29) is 24.1 Å². The van der Waals surface area contributed by atoms with Gasteiger partial charge < -0.3 is 9.47 Å². The van der Waals surface area contributed by atoms with Gasteiger partial charge in [0.15, 0.2) is 0 Å². The third-order valence-corrected chi connectivity index (χ3v) is 5.51. The maximum Gasteiger partial charge on any atom is 0.271 e. The van der Waals surface area contributed by atoms with Crippen LogP contribution in [-0.4, -0.2) is 42.6 Å². The highest BCUT2D eigenvalue weighted by atomic mass is 16.5. The van der Waals surface area contributed by atoms with E-state index in [1.807, 2.05) is 44.2 Å². The summed E-state index contributed by atoms with van der Waals surface area (Å²) in [5.74, 6) is -0.132. The Bertz CT molecular complexity index is 907. The average molecular weight is 453 g/mol. The van der Waals surface area contributed by atoms with Gasteiger partial charge in [0, 0.05) is 18.7 Å². The Kier molecular flexibility index (Phi) is 10.9. The molecule has 1 aromatic carbocycles. The van der Waals surface area contributed by atoms with Crippen molar-refractivity contribution in [2.75, 3.05) is 19.8 Å². The molecule has 0 N–H and O–H groups in total. The Morgan fingerprint density at radius 1 is 1.00 bits per heavy atom. The van der Waals surface area contributed by atoms with Crippen LogP contribution in [-0.2, 0) is 14.3 Å². The van der Waals surface area contributed by atoms with Crippen LogP contribution < -0.4 is 4.74 Å². The maximum absolute atomic E-state index is 13.1. The molecule has 178 valence electrons. The lowest BCUT2D eigenvalue weighted by molar-refractivity contribution is -0.140. The fourth-order valence-electron chi connectivity index (χ4n) is 3.60. The predicted octanol–water partition coefficient (Wildman–Crippen LogP) is 5.44. The number of hydrogen-bond donors (Lipinski definition) is 0. The lowest BCUT2D eigenvalue weighted by atomic mass is 9.93. The largest absolute Gasteiger partial charge is 0.494 e. The summed E-state index contributed by atoms with van der Waals surface area (Å²) >= 11 is 0. The zero-order valence-corrected chi connectivity index (χ0v) is 20.4. The zero-order valence-electron chi connectivity index (χ0n) is 20.4. The van der Waals surface area contributed by atoms with Crippen molar-refractivity contribution in [2.24, 2.45) is 0 Å². The van der Waals surface area contributed by atoms with Gasteiger partial charge in [-0.05, 0) is 63.0 Å². The average Bonchev–Trinajstić information content (AvgIpc) is 2.79. The Morgan fingerprint density at radius 2 is 1.70 bits per heavy atom. The van der Waals surface area contributed by atoms with Crippen LogP contribution in [0.3, 0.4) is 0 Å². The summed E-state index contributed by atoms with van der Waals surface area (Å²) in [6.07, 6.45) is 8.26. The van der Waals surface area contributed by atoms with Crippen LogP contribution in [0.2, 0.25) is 0 Å². The van der Waals surface area contributed by atoms with Gasteiger partial charge >= 0.3 is 0 Å². The number of nitriles is 1. The van der Waals surface area contributed by atoms with Gasteiger partial charge in [-0.2, -0.15) is 5.26 Å². The molecule has 6 nitrogen and oxygen atoms in total. The van der Waals surface area contributed by atoms with E-state index in [0.29, 0.717) is 30.8 Å². The topological polar surface area (TPSA) is 79.6 Å². The number of carbonyl (C=O) groups is 2. The van der Waals surface area contributed by atoms with Gasteiger partial charge in [-0.15, -0.1) is 0 Å². The smallest absolute Gasteiger partial charge is 0.271 e. The number of imide groups is 1. The lowest BCUT2D eigenvalue weighted by Crippen LogP contribution is -2.43. The zero-order chi connectivity index (χ0) is 24.2. The highest BCUT2D eigenvalue weighted by molar-refractivity contribution is 6.19. The number of ether oxygens (including phenoxy) is 2. The molecule has 33 heavy (non-hydrogen) atoms. The Balaban J connectivity index is 2.08. The molecule has 0 bridgehead atoms. The van der Waals surface area contributed by atoms with Crippen molar-refractivity contribution in [1.82, 2.24) is 4.90 Å². The SMILES string of the molecule is CCCCCCCOc1ccc(/C=C2/C(=O)N(CCCOC(C)C)C(=O)C(C#N)=C2C)cc1. The molecule has 0 fully saturated rings. The second-order valence-corrected chi connectivity index (χ2v) is 8.54. The number of unbranched alkanes of at least 4 members (excludes halogenated alkanes) is 4. The first-order valence-electron chi connectivity index (χ1n) is 11.9. The molecule has 6 heteroatoms. The van der Waals surface area contributed by atoms with Gasteiger partial charge in [0.05, 0.1) is 12.7 Å². The van der Waals surface area contributed by atoms with Gasteiger partial charge in [0.2, 0.25) is 0 Å². The maximum atomic E-state index is 13.1. The van der Waals surface area contributed by atoms with Crippen molar-refractivity contribution < 1.29 is 19.1 Å². The number of nitrogens with zero attached hydrogens (tertiary/aromatic N) is 2. The summed E-state index contributed by atoms with van der Waals surface area (Å²) in [7, 11) is 0. The van der Waals surface area contributed by atoms with Gasteiger partial charge in [0.1, 0.15) is 17.4 Å². The second kappa shape index (κ2) is 13.6. The van der Waals surface area contributed by atoms with Crippen LogP contribution in [0.15, 0.2) is 41.0 Å². The van der Waals surface area contributed by atoms with Crippen LogP contribution in [0.25, 0.3) is 6.08 Å². The quantitative estimate of drug-likeness (QED) is 0.226. The molecule has 0 atom stereocenters. The minimum atomic E-state index is -0.538. The van der Waals surface area contributed by atoms with E-state index in [1.165, 1.54) is 25.7 Å². The van der Waals surface area contributed by atoms with Crippen molar-refractivity contribution in [3.05, 3.63) is 46.5 Å². The molecular weight excluding hydrogens is 416 g/mol. The van der Waals surface area contributed by atoms with Crippen molar-refractivity contribution in [1.29, 1.82) is 5.26 Å². The van der Waals surface area contributed by atoms with E-state index in [9.17, 15) is 14.9 Å². The van der Waals surface area contributed by atoms with Crippen LogP contribution in [0.5, 0.6) is 5.75 Å². The van der Waals surface area contributed by atoms with E-state index in [2.05, 4.69) is 6.92 Å². The molecule has 1 heterocycles. The number of rotatable bonds is 13. The number of benzene rings is 1. The van der Waals surface area contributed by atoms with E-state index >= 15 is 0 Å². The summed E-state index contributed by atoms with van der Waals surface area (Å²) < 4.78 is 11.3. The van der Waals surface area contributed by atoms with Crippen LogP contribution >= 0.6 is 0 Å². The third-order valence-electron chi connectivity index (χ3n) is 5.51. The molecule has 1 aliphatic rings. The summed E-state index contributed by atoms with van der Waals surface area (Å²) in [6.45, 7) is 9.06. The molecule has 1 aromatic rings. The molecule has 0 radical (unpaired) electrons. The number of carbonyl (C=O) groups excluding carboxylic acids is 2. The summed E-state index contributed by atoms with van der Waals surface area (Å²) in [5.41, 5.74) is 1.59. The molecule has 0 unspecified atom stereocenters. The molecule has 0 spiro atoms. The van der Waals surface area contributed by atoms with Gasteiger partial charge in [-0.25, -0.2) is 0 Å². The molecule has 2 rings (SSSR count). The van der Waals surface area contributed by atoms with E-state index in [0.717, 1.165) is 22.6 Å². The highest BCUT2D eigenvalue weighted by Crippen LogP contribution is 2.27. The lowest BCUT2D eigenvalue weighted by Gasteiger charge is -2.27. The Hall–Kier alpha value is -2.91. The third kappa shape index (κ3) is 7.87. The fraction of sp³-hybridized carbons (Fsp3) is 0.519. The minimum Gasteiger partial charge on any atom is -0.494 e. The van der Waals surface area contributed by atoms with Crippen molar-refractivity contribution in [3.63, 3.8) is 0 Å². The monoisotopic (exact) mass is 452 g/mol. The Labute approximate surface area is 197 Å². The first-order valence-corrected chi connectivity index (χ1v) is 11.9. The first-order chi connectivity index (χ1) is 15.9. The molecule has 0 saturated carbocycles. The number of amides is 2. The van der Waals surface area contributed by atoms with Gasteiger partial charge in [0.25, 0.3) is 11.8 Å². The number of hydrogen-bond acceptors (Lipinski definition) is 5. The highest BCUT2D eigenvalue weighted by Gasteiger charge is 2.35. The van der Waals surface area contributed by atoms with Crippen molar-refractivity contribution in [3.8, 4) is 11.8 Å². The van der Waals surface area contributed by atoms with Crippen molar-refractivity contribution in [2.45, 2.75) is 72.3 Å². The van der Waals surface area contributed by atoms with Crippen LogP contribution in [0.1, 0.15) is 71.8 Å². The Morgan fingerprint density at radius 3 is 2.33 bits per heavy atom. The molecular formula is C27H36N2O4.